The number of alkyl halides is 2. The molecule has 2 aliphatic heterocycles. The Bertz CT molecular complexity index is 466. The Hall–Kier alpha value is -1.28. The first-order valence-electron chi connectivity index (χ1n) is 6.10. The highest BCUT2D eigenvalue weighted by Crippen LogP contribution is 2.33. The summed E-state index contributed by atoms with van der Waals surface area (Å²) < 4.78 is 41.3. The van der Waals surface area contributed by atoms with Gasteiger partial charge in [0, 0.05) is 0 Å². The van der Waals surface area contributed by atoms with Gasteiger partial charge in [0.2, 0.25) is 0 Å². The minimum Gasteiger partial charge on any atom is -0.402 e. The molecule has 0 aromatic carbocycles. The zero-order valence-electron chi connectivity index (χ0n) is 10.7. The van der Waals surface area contributed by atoms with Gasteiger partial charge in [-0.2, -0.15) is 8.78 Å². The molecule has 0 saturated carbocycles. The fourth-order valence-corrected chi connectivity index (χ4v) is 2.54. The monoisotopic (exact) mass is 275 g/mol. The molecule has 106 valence electrons. The third-order valence-electron chi connectivity index (χ3n) is 3.28. The van der Waals surface area contributed by atoms with Crippen LogP contribution >= 0.6 is 0 Å². The van der Waals surface area contributed by atoms with Gasteiger partial charge in [-0.05, 0) is 13.8 Å². The molecule has 0 radical (unpaired) electrons. The topological polar surface area (TPSA) is 60.6 Å². The zero-order chi connectivity index (χ0) is 13.6. The first-order chi connectivity index (χ1) is 8.96. The molecule has 1 aromatic rings. The van der Waals surface area contributed by atoms with Crippen molar-refractivity contribution < 1.29 is 22.7 Å². The zero-order valence-corrected chi connectivity index (χ0v) is 10.7. The maximum absolute atomic E-state index is 12.5. The number of rotatable bonds is 2. The molecule has 8 heteroatoms. The van der Waals surface area contributed by atoms with E-state index in [1.54, 1.807) is 4.90 Å². The molecule has 0 N–H and O–H groups in total. The third-order valence-corrected chi connectivity index (χ3v) is 3.28. The van der Waals surface area contributed by atoms with E-state index in [2.05, 4.69) is 10.2 Å². The number of nitrogens with zero attached hydrogens (tertiary/aromatic N) is 3. The molecule has 2 aliphatic rings. The Kier molecular flexibility index (Phi) is 2.94. The van der Waals surface area contributed by atoms with Gasteiger partial charge in [0.05, 0.1) is 31.4 Å². The highest BCUT2D eigenvalue weighted by molar-refractivity contribution is 5.31. The van der Waals surface area contributed by atoms with Crippen LogP contribution in [-0.4, -0.2) is 47.7 Å². The van der Waals surface area contributed by atoms with E-state index in [1.807, 2.05) is 13.8 Å². The lowest BCUT2D eigenvalue weighted by Crippen LogP contribution is -2.58. The Morgan fingerprint density at radius 2 is 2.11 bits per heavy atom. The van der Waals surface area contributed by atoms with Gasteiger partial charge in [-0.25, -0.2) is 0 Å². The fourth-order valence-electron chi connectivity index (χ4n) is 2.54. The Labute approximate surface area is 108 Å². The minimum absolute atomic E-state index is 0.0704. The number of anilines is 1. The molecular formula is C11H15F2N3O3. The van der Waals surface area contributed by atoms with E-state index < -0.39 is 17.9 Å². The fraction of sp³-hybridized carbons (Fsp3) is 0.818. The number of fused-ring (bicyclic) bond motifs is 1. The van der Waals surface area contributed by atoms with Crippen molar-refractivity contribution in [3.63, 3.8) is 0 Å². The van der Waals surface area contributed by atoms with Gasteiger partial charge in [-0.15, -0.1) is 5.10 Å². The number of hydrogen-bond acceptors (Lipinski definition) is 6. The van der Waals surface area contributed by atoms with Crippen LogP contribution in [0.2, 0.25) is 0 Å². The van der Waals surface area contributed by atoms with Crippen LogP contribution in [0.4, 0.5) is 14.8 Å². The molecule has 1 aromatic heterocycles. The lowest BCUT2D eigenvalue weighted by atomic mass is 10.0. The Balaban J connectivity index is 1.88. The van der Waals surface area contributed by atoms with Gasteiger partial charge in [-0.3, -0.25) is 0 Å². The molecule has 2 fully saturated rings. The van der Waals surface area contributed by atoms with Gasteiger partial charge in [0.25, 0.3) is 5.89 Å². The van der Waals surface area contributed by atoms with Crippen molar-refractivity contribution in [2.75, 3.05) is 24.7 Å². The summed E-state index contributed by atoms with van der Waals surface area (Å²) in [4.78, 5) is 1.81. The quantitative estimate of drug-likeness (QED) is 0.813. The molecule has 3 heterocycles. The Morgan fingerprint density at radius 3 is 2.79 bits per heavy atom. The van der Waals surface area contributed by atoms with Gasteiger partial charge < -0.3 is 18.8 Å². The predicted molar refractivity (Wildman–Crippen MR) is 60.2 cm³/mol. The first kappa shape index (κ1) is 12.7. The van der Waals surface area contributed by atoms with E-state index in [-0.39, 0.29) is 18.2 Å². The van der Waals surface area contributed by atoms with Crippen LogP contribution in [0.5, 0.6) is 0 Å². The van der Waals surface area contributed by atoms with Crippen LogP contribution in [0.25, 0.3) is 0 Å². The average Bonchev–Trinajstić information content (AvgIpc) is 2.93. The summed E-state index contributed by atoms with van der Waals surface area (Å²) in [5.41, 5.74) is -0.422. The highest BCUT2D eigenvalue weighted by Gasteiger charge is 2.46. The smallest absolute Gasteiger partial charge is 0.318 e. The molecule has 0 amide bonds. The normalized spacial score (nSPS) is 29.8. The number of morpholine rings is 1. The molecule has 0 aliphatic carbocycles. The van der Waals surface area contributed by atoms with E-state index >= 15 is 0 Å². The summed E-state index contributed by atoms with van der Waals surface area (Å²) in [5.74, 6) is -0.658. The van der Waals surface area contributed by atoms with Gasteiger partial charge >= 0.3 is 12.4 Å². The summed E-state index contributed by atoms with van der Waals surface area (Å²) in [6.45, 7) is 5.30. The van der Waals surface area contributed by atoms with E-state index in [9.17, 15) is 8.78 Å². The van der Waals surface area contributed by atoms with Crippen LogP contribution in [0, 0.1) is 0 Å². The van der Waals surface area contributed by atoms with Crippen molar-refractivity contribution >= 4 is 6.01 Å². The first-order valence-corrected chi connectivity index (χ1v) is 6.10. The largest absolute Gasteiger partial charge is 0.402 e. The molecule has 0 bridgehead atoms. The summed E-state index contributed by atoms with van der Waals surface area (Å²) >= 11 is 0. The number of aromatic nitrogens is 2. The second-order valence-corrected chi connectivity index (χ2v) is 5.37. The lowest BCUT2D eigenvalue weighted by molar-refractivity contribution is -0.0935. The van der Waals surface area contributed by atoms with Crippen molar-refractivity contribution in [2.45, 2.75) is 38.0 Å². The maximum atomic E-state index is 12.5. The van der Waals surface area contributed by atoms with Gasteiger partial charge in [0.1, 0.15) is 6.10 Å². The SMILES string of the molecule is CC1(C)CN(c2nnc(C(F)F)o2)[C@@H]2COC[C@H]2O1. The number of hydrogen-bond donors (Lipinski definition) is 0. The predicted octanol–water partition coefficient (Wildman–Crippen LogP) is 1.39. The molecule has 0 unspecified atom stereocenters. The number of halogens is 2. The summed E-state index contributed by atoms with van der Waals surface area (Å²) in [7, 11) is 0. The van der Waals surface area contributed by atoms with E-state index in [4.69, 9.17) is 13.9 Å². The van der Waals surface area contributed by atoms with Gasteiger partial charge in [0.15, 0.2) is 0 Å². The van der Waals surface area contributed by atoms with Crippen LogP contribution in [0.1, 0.15) is 26.2 Å². The molecule has 3 rings (SSSR count). The van der Waals surface area contributed by atoms with Crippen molar-refractivity contribution in [3.05, 3.63) is 5.89 Å². The van der Waals surface area contributed by atoms with Crippen molar-refractivity contribution in [1.82, 2.24) is 10.2 Å². The maximum Gasteiger partial charge on any atom is 0.318 e. The van der Waals surface area contributed by atoms with Crippen LogP contribution in [-0.2, 0) is 9.47 Å². The second-order valence-electron chi connectivity index (χ2n) is 5.37. The van der Waals surface area contributed by atoms with E-state index in [1.165, 1.54) is 0 Å². The lowest BCUT2D eigenvalue weighted by Gasteiger charge is -2.44. The number of ether oxygens (including phenoxy) is 2. The van der Waals surface area contributed by atoms with Crippen molar-refractivity contribution in [2.24, 2.45) is 0 Å². The molecule has 0 spiro atoms. The average molecular weight is 275 g/mol. The summed E-state index contributed by atoms with van der Waals surface area (Å²) in [6.07, 6.45) is -2.86. The second kappa shape index (κ2) is 4.38. The van der Waals surface area contributed by atoms with E-state index in [0.717, 1.165) is 0 Å². The molecule has 19 heavy (non-hydrogen) atoms. The van der Waals surface area contributed by atoms with Crippen molar-refractivity contribution in [3.8, 4) is 0 Å². The molecule has 6 nitrogen and oxygen atoms in total. The van der Waals surface area contributed by atoms with Crippen LogP contribution < -0.4 is 4.90 Å². The molecule has 2 saturated heterocycles. The minimum atomic E-state index is -2.76. The highest BCUT2D eigenvalue weighted by atomic mass is 19.3. The molecular weight excluding hydrogens is 260 g/mol. The van der Waals surface area contributed by atoms with Crippen molar-refractivity contribution in [1.29, 1.82) is 0 Å². The third kappa shape index (κ3) is 2.30. The summed E-state index contributed by atoms with van der Waals surface area (Å²) in [6, 6.07) is 0.0335. The summed E-state index contributed by atoms with van der Waals surface area (Å²) in [5, 5.41) is 7.07. The van der Waals surface area contributed by atoms with E-state index in [0.29, 0.717) is 19.8 Å². The Morgan fingerprint density at radius 1 is 1.32 bits per heavy atom. The van der Waals surface area contributed by atoms with Crippen LogP contribution in [0.15, 0.2) is 4.42 Å². The van der Waals surface area contributed by atoms with Crippen LogP contribution in [0.3, 0.4) is 0 Å². The van der Waals surface area contributed by atoms with Gasteiger partial charge in [-0.1, -0.05) is 5.10 Å². The standard InChI is InChI=1S/C11H15F2N3O3/c1-11(2)5-16(6-3-17-4-7(6)19-11)10-15-14-9(18-10)8(12)13/h6-8H,3-5H2,1-2H3/t6-,7-/m1/s1. The molecule has 2 atom stereocenters.